The fourth-order valence-corrected chi connectivity index (χ4v) is 5.23. The minimum absolute atomic E-state index is 0.127. The second-order valence-corrected chi connectivity index (χ2v) is 9.36. The number of methoxy groups -OCH3 is 2. The fraction of sp³-hybridized carbons (Fsp3) is 0.381. The molecule has 1 saturated heterocycles. The molecule has 10 heteroatoms. The van der Waals surface area contributed by atoms with Gasteiger partial charge in [0.2, 0.25) is 10.0 Å². The minimum atomic E-state index is -3.67. The molecule has 31 heavy (non-hydrogen) atoms. The lowest BCUT2D eigenvalue weighted by Crippen LogP contribution is -2.48. The Morgan fingerprint density at radius 2 is 1.68 bits per heavy atom. The lowest BCUT2D eigenvalue weighted by atomic mass is 10.1. The largest absolute Gasteiger partial charge is 0.493 e. The Balaban J connectivity index is 1.45. The minimum Gasteiger partial charge on any atom is -0.493 e. The molecule has 0 amide bonds. The van der Waals surface area contributed by atoms with E-state index >= 15 is 0 Å². The molecule has 166 valence electrons. The van der Waals surface area contributed by atoms with E-state index in [0.717, 1.165) is 5.56 Å². The number of ether oxygens (including phenoxy) is 2. The smallest absolute Gasteiger partial charge is 0.419 e. The van der Waals surface area contributed by atoms with E-state index in [4.69, 9.17) is 13.9 Å². The van der Waals surface area contributed by atoms with Crippen molar-refractivity contribution in [2.45, 2.75) is 11.4 Å². The second-order valence-electron chi connectivity index (χ2n) is 7.43. The van der Waals surface area contributed by atoms with Crippen LogP contribution in [0.2, 0.25) is 0 Å². The van der Waals surface area contributed by atoms with Crippen LogP contribution in [0, 0.1) is 0 Å². The molecule has 0 unspecified atom stereocenters. The van der Waals surface area contributed by atoms with Crippen LogP contribution in [0.3, 0.4) is 0 Å². The van der Waals surface area contributed by atoms with Crippen LogP contribution in [0.15, 0.2) is 50.5 Å². The third kappa shape index (κ3) is 4.06. The maximum absolute atomic E-state index is 13.1. The van der Waals surface area contributed by atoms with Crippen LogP contribution in [-0.2, 0) is 23.6 Å². The molecule has 2 aromatic carbocycles. The van der Waals surface area contributed by atoms with E-state index in [1.165, 1.54) is 21.0 Å². The van der Waals surface area contributed by atoms with Crippen molar-refractivity contribution in [3.8, 4) is 11.5 Å². The number of rotatable bonds is 6. The van der Waals surface area contributed by atoms with E-state index in [1.807, 2.05) is 18.2 Å². The van der Waals surface area contributed by atoms with E-state index in [9.17, 15) is 13.2 Å². The van der Waals surface area contributed by atoms with Gasteiger partial charge in [-0.15, -0.1) is 0 Å². The van der Waals surface area contributed by atoms with Crippen molar-refractivity contribution in [2.75, 3.05) is 40.4 Å². The van der Waals surface area contributed by atoms with E-state index in [1.54, 1.807) is 27.3 Å². The molecule has 0 bridgehead atoms. The average Bonchev–Trinajstić information content (AvgIpc) is 3.07. The van der Waals surface area contributed by atoms with Crippen LogP contribution >= 0.6 is 0 Å². The summed E-state index contributed by atoms with van der Waals surface area (Å²) in [5.41, 5.74) is 1.89. The number of sulfonamides is 1. The molecule has 1 aromatic heterocycles. The first-order valence-electron chi connectivity index (χ1n) is 9.86. The van der Waals surface area contributed by atoms with E-state index < -0.39 is 15.8 Å². The molecule has 1 aliphatic heterocycles. The third-order valence-electron chi connectivity index (χ3n) is 5.59. The summed E-state index contributed by atoms with van der Waals surface area (Å²) in [4.78, 5) is 14.0. The van der Waals surface area contributed by atoms with Crippen molar-refractivity contribution in [3.63, 3.8) is 0 Å². The number of nitrogens with zero attached hydrogens (tertiary/aromatic N) is 3. The van der Waals surface area contributed by atoms with Gasteiger partial charge in [-0.1, -0.05) is 6.07 Å². The zero-order chi connectivity index (χ0) is 22.2. The van der Waals surface area contributed by atoms with Crippen molar-refractivity contribution in [3.05, 3.63) is 52.5 Å². The molecule has 2 heterocycles. The van der Waals surface area contributed by atoms with E-state index in [0.29, 0.717) is 49.7 Å². The summed E-state index contributed by atoms with van der Waals surface area (Å²) in [5, 5.41) is 0. The van der Waals surface area contributed by atoms with Crippen molar-refractivity contribution < 1.29 is 22.3 Å². The van der Waals surface area contributed by atoms with Gasteiger partial charge in [0.05, 0.1) is 24.6 Å². The number of aromatic nitrogens is 1. The Morgan fingerprint density at radius 3 is 2.35 bits per heavy atom. The molecule has 0 atom stereocenters. The molecule has 0 saturated carbocycles. The zero-order valence-corrected chi connectivity index (χ0v) is 18.5. The van der Waals surface area contributed by atoms with Crippen molar-refractivity contribution in [2.24, 2.45) is 7.05 Å². The number of fused-ring (bicyclic) bond motifs is 1. The van der Waals surface area contributed by atoms with Gasteiger partial charge in [0, 0.05) is 45.8 Å². The van der Waals surface area contributed by atoms with E-state index in [2.05, 4.69) is 4.90 Å². The van der Waals surface area contributed by atoms with Gasteiger partial charge in [-0.2, -0.15) is 4.31 Å². The lowest BCUT2D eigenvalue weighted by Gasteiger charge is -2.34. The molecular formula is C21H25N3O6S. The average molecular weight is 448 g/mol. The maximum Gasteiger partial charge on any atom is 0.419 e. The SMILES string of the molecule is COc1ccc(CN2CCN(S(=O)(=O)c3ccc4c(c3)oc(=O)n4C)CC2)cc1OC. The third-order valence-corrected chi connectivity index (χ3v) is 7.48. The highest BCUT2D eigenvalue weighted by Crippen LogP contribution is 2.28. The predicted molar refractivity (Wildman–Crippen MR) is 115 cm³/mol. The van der Waals surface area contributed by atoms with Gasteiger partial charge in [0.25, 0.3) is 0 Å². The van der Waals surface area contributed by atoms with Crippen LogP contribution in [0.4, 0.5) is 0 Å². The van der Waals surface area contributed by atoms with E-state index in [-0.39, 0.29) is 10.5 Å². The molecule has 1 aliphatic rings. The number of hydrogen-bond donors (Lipinski definition) is 0. The monoisotopic (exact) mass is 447 g/mol. The molecule has 9 nitrogen and oxygen atoms in total. The first-order chi connectivity index (χ1) is 14.8. The Labute approximate surface area is 180 Å². The van der Waals surface area contributed by atoms with Crippen molar-refractivity contribution >= 4 is 21.1 Å². The Bertz CT molecular complexity index is 1260. The van der Waals surface area contributed by atoms with Crippen molar-refractivity contribution in [1.29, 1.82) is 0 Å². The van der Waals surface area contributed by atoms with Crippen LogP contribution in [0.5, 0.6) is 11.5 Å². The van der Waals surface area contributed by atoms with Gasteiger partial charge in [0.1, 0.15) is 0 Å². The lowest BCUT2D eigenvalue weighted by molar-refractivity contribution is 0.181. The first-order valence-corrected chi connectivity index (χ1v) is 11.3. The molecule has 0 N–H and O–H groups in total. The summed E-state index contributed by atoms with van der Waals surface area (Å²) >= 11 is 0. The summed E-state index contributed by atoms with van der Waals surface area (Å²) in [5.74, 6) is 0.825. The van der Waals surface area contributed by atoms with Gasteiger partial charge < -0.3 is 13.9 Å². The van der Waals surface area contributed by atoms with Crippen LogP contribution < -0.4 is 15.2 Å². The van der Waals surface area contributed by atoms with Gasteiger partial charge >= 0.3 is 5.76 Å². The number of oxazole rings is 1. The Morgan fingerprint density at radius 1 is 0.968 bits per heavy atom. The summed E-state index contributed by atoms with van der Waals surface area (Å²) in [6, 6.07) is 10.3. The highest BCUT2D eigenvalue weighted by Gasteiger charge is 2.29. The fourth-order valence-electron chi connectivity index (χ4n) is 3.79. The molecule has 1 fully saturated rings. The molecule has 4 rings (SSSR count). The van der Waals surface area contributed by atoms with Crippen molar-refractivity contribution in [1.82, 2.24) is 13.8 Å². The first kappa shape index (κ1) is 21.4. The summed E-state index contributed by atoms with van der Waals surface area (Å²) in [7, 11) is 1.11. The topological polar surface area (TPSA) is 94.2 Å². The molecule has 0 radical (unpaired) electrons. The predicted octanol–water partition coefficient (Wildman–Crippen LogP) is 1.66. The van der Waals surface area contributed by atoms with Gasteiger partial charge in [-0.3, -0.25) is 9.47 Å². The van der Waals surface area contributed by atoms with Gasteiger partial charge in [0.15, 0.2) is 17.1 Å². The standard InChI is InChI=1S/C21H25N3O6S/c1-22-17-6-5-16(13-19(17)30-21(22)25)31(26,27)24-10-8-23(9-11-24)14-15-4-7-18(28-2)20(12-15)29-3/h4-7,12-13H,8-11,14H2,1-3H3. The molecule has 0 spiro atoms. The van der Waals surface area contributed by atoms with Gasteiger partial charge in [-0.25, -0.2) is 13.2 Å². The number of aryl methyl sites for hydroxylation is 1. The molecular weight excluding hydrogens is 422 g/mol. The molecule has 0 aliphatic carbocycles. The normalized spacial score (nSPS) is 16.0. The second kappa shape index (κ2) is 8.37. The number of benzene rings is 2. The summed E-state index contributed by atoms with van der Waals surface area (Å²) in [6.45, 7) is 2.67. The molecule has 3 aromatic rings. The van der Waals surface area contributed by atoms with Crippen LogP contribution in [-0.4, -0.2) is 62.6 Å². The summed E-state index contributed by atoms with van der Waals surface area (Å²) < 4.78 is 44.8. The quantitative estimate of drug-likeness (QED) is 0.567. The maximum atomic E-state index is 13.1. The zero-order valence-electron chi connectivity index (χ0n) is 17.7. The summed E-state index contributed by atoms with van der Waals surface area (Å²) in [6.07, 6.45) is 0. The van der Waals surface area contributed by atoms with Gasteiger partial charge in [-0.05, 0) is 29.8 Å². The Hall–Kier alpha value is -2.82. The highest BCUT2D eigenvalue weighted by atomic mass is 32.2. The van der Waals surface area contributed by atoms with Crippen LogP contribution in [0.25, 0.3) is 11.1 Å². The highest BCUT2D eigenvalue weighted by molar-refractivity contribution is 7.89. The Kier molecular flexibility index (Phi) is 5.78. The number of piperazine rings is 1. The van der Waals surface area contributed by atoms with Crippen LogP contribution in [0.1, 0.15) is 5.56 Å². The number of hydrogen-bond acceptors (Lipinski definition) is 7.